The van der Waals surface area contributed by atoms with Crippen molar-refractivity contribution in [3.05, 3.63) is 28.2 Å². The van der Waals surface area contributed by atoms with Crippen molar-refractivity contribution in [1.82, 2.24) is 9.80 Å². The van der Waals surface area contributed by atoms with Gasteiger partial charge < -0.3 is 9.80 Å². The van der Waals surface area contributed by atoms with Crippen LogP contribution < -0.4 is 4.90 Å². The van der Waals surface area contributed by atoms with E-state index in [0.29, 0.717) is 0 Å². The summed E-state index contributed by atoms with van der Waals surface area (Å²) in [5.74, 6) is 0. The smallest absolute Gasteiger partial charge is 0.0409 e. The molecule has 1 aliphatic rings. The molecule has 2 rings (SSSR count). The lowest BCUT2D eigenvalue weighted by atomic mass is 10.1. The van der Waals surface area contributed by atoms with E-state index >= 15 is 0 Å². The predicted octanol–water partition coefficient (Wildman–Crippen LogP) is 3.03. The Labute approximate surface area is 139 Å². The highest BCUT2D eigenvalue weighted by molar-refractivity contribution is 9.10. The molecule has 0 saturated carbocycles. The van der Waals surface area contributed by atoms with Crippen molar-refractivity contribution >= 4 is 37.5 Å². The van der Waals surface area contributed by atoms with Gasteiger partial charge >= 0.3 is 0 Å². The van der Waals surface area contributed by atoms with E-state index in [2.05, 4.69) is 78.9 Å². The molecule has 1 saturated heterocycles. The number of rotatable bonds is 5. The number of likely N-dealkylation sites (N-methyl/N-ethyl adjacent to an activating group) is 1. The number of piperazine rings is 1. The third-order valence-corrected chi connectivity index (χ3v) is 4.86. The van der Waals surface area contributed by atoms with Gasteiger partial charge in [0.25, 0.3) is 0 Å². The number of nitrogens with zero attached hydrogens (tertiary/aromatic N) is 3. The van der Waals surface area contributed by atoms with Gasteiger partial charge in [0.2, 0.25) is 0 Å². The second-order valence-corrected chi connectivity index (χ2v) is 7.02. The van der Waals surface area contributed by atoms with Crippen molar-refractivity contribution in [3.63, 3.8) is 0 Å². The number of benzene rings is 1. The summed E-state index contributed by atoms with van der Waals surface area (Å²) in [6.45, 7) is 6.87. The van der Waals surface area contributed by atoms with Crippen molar-refractivity contribution in [2.24, 2.45) is 0 Å². The van der Waals surface area contributed by atoms with Crippen LogP contribution in [0.15, 0.2) is 22.7 Å². The zero-order valence-corrected chi connectivity index (χ0v) is 15.5. The standard InChI is InChI=1S/C15H23Br2N3/c1-18(2)5-6-19-7-9-20(10-8-19)15-4-3-14(17)11-13(15)12-16/h3-4,11H,5-10,12H2,1-2H3. The Hall–Kier alpha value is -0.100. The van der Waals surface area contributed by atoms with E-state index < -0.39 is 0 Å². The van der Waals surface area contributed by atoms with E-state index in [1.165, 1.54) is 17.8 Å². The number of halogens is 2. The topological polar surface area (TPSA) is 9.72 Å². The van der Waals surface area contributed by atoms with Crippen molar-refractivity contribution < 1.29 is 0 Å². The average molecular weight is 405 g/mol. The largest absolute Gasteiger partial charge is 0.369 e. The molecule has 1 aromatic carbocycles. The summed E-state index contributed by atoms with van der Waals surface area (Å²) >= 11 is 7.15. The van der Waals surface area contributed by atoms with E-state index in [9.17, 15) is 0 Å². The minimum absolute atomic E-state index is 0.905. The van der Waals surface area contributed by atoms with Crippen LogP contribution in [0.4, 0.5) is 5.69 Å². The lowest BCUT2D eigenvalue weighted by Crippen LogP contribution is -2.48. The van der Waals surface area contributed by atoms with E-state index in [1.54, 1.807) is 0 Å². The molecular weight excluding hydrogens is 382 g/mol. The maximum atomic E-state index is 3.60. The molecule has 0 unspecified atom stereocenters. The van der Waals surface area contributed by atoms with Gasteiger partial charge in [-0.15, -0.1) is 0 Å². The molecule has 0 radical (unpaired) electrons. The summed E-state index contributed by atoms with van der Waals surface area (Å²) in [4.78, 5) is 7.32. The van der Waals surface area contributed by atoms with Crippen molar-refractivity contribution in [3.8, 4) is 0 Å². The van der Waals surface area contributed by atoms with Crippen LogP contribution in [0.25, 0.3) is 0 Å². The number of anilines is 1. The molecule has 1 aliphatic heterocycles. The number of hydrogen-bond acceptors (Lipinski definition) is 3. The molecule has 112 valence electrons. The zero-order chi connectivity index (χ0) is 14.5. The molecule has 3 nitrogen and oxygen atoms in total. The van der Waals surface area contributed by atoms with Gasteiger partial charge in [-0.05, 0) is 37.9 Å². The van der Waals surface area contributed by atoms with E-state index in [0.717, 1.165) is 42.5 Å². The molecule has 1 fully saturated rings. The summed E-state index contributed by atoms with van der Waals surface area (Å²) in [5.41, 5.74) is 2.73. The molecule has 1 aromatic rings. The van der Waals surface area contributed by atoms with Crippen molar-refractivity contribution in [2.75, 3.05) is 58.3 Å². The van der Waals surface area contributed by atoms with Crippen LogP contribution in [0.5, 0.6) is 0 Å². The first-order chi connectivity index (χ1) is 9.60. The second kappa shape index (κ2) is 7.78. The monoisotopic (exact) mass is 403 g/mol. The second-order valence-electron chi connectivity index (χ2n) is 5.54. The molecule has 1 heterocycles. The Kier molecular flexibility index (Phi) is 6.33. The van der Waals surface area contributed by atoms with Crippen LogP contribution in [0, 0.1) is 0 Å². The number of alkyl halides is 1. The lowest BCUT2D eigenvalue weighted by Gasteiger charge is -2.37. The normalized spacial score (nSPS) is 16.9. The summed E-state index contributed by atoms with van der Waals surface area (Å²) in [7, 11) is 4.28. The number of hydrogen-bond donors (Lipinski definition) is 0. The van der Waals surface area contributed by atoms with Crippen molar-refractivity contribution in [2.45, 2.75) is 5.33 Å². The van der Waals surface area contributed by atoms with Gasteiger partial charge in [0.15, 0.2) is 0 Å². The molecule has 0 atom stereocenters. The fourth-order valence-corrected chi connectivity index (χ4v) is 3.38. The first-order valence-corrected chi connectivity index (χ1v) is 8.98. The van der Waals surface area contributed by atoms with Crippen LogP contribution in [-0.2, 0) is 5.33 Å². The fraction of sp³-hybridized carbons (Fsp3) is 0.600. The Morgan fingerprint density at radius 2 is 1.85 bits per heavy atom. The van der Waals surface area contributed by atoms with E-state index in [-0.39, 0.29) is 0 Å². The minimum atomic E-state index is 0.905. The molecular formula is C15H23Br2N3. The van der Waals surface area contributed by atoms with Gasteiger partial charge in [0.05, 0.1) is 0 Å². The zero-order valence-electron chi connectivity index (χ0n) is 12.3. The Morgan fingerprint density at radius 3 is 2.45 bits per heavy atom. The molecule has 0 amide bonds. The average Bonchev–Trinajstić information content (AvgIpc) is 2.45. The van der Waals surface area contributed by atoms with E-state index in [4.69, 9.17) is 0 Å². The summed E-state index contributed by atoms with van der Waals surface area (Å²) in [6, 6.07) is 6.58. The molecule has 0 bridgehead atoms. The summed E-state index contributed by atoms with van der Waals surface area (Å²) in [5, 5.41) is 0.905. The highest BCUT2D eigenvalue weighted by Gasteiger charge is 2.18. The Bertz CT molecular complexity index is 429. The third kappa shape index (κ3) is 4.45. The van der Waals surface area contributed by atoms with Crippen LogP contribution >= 0.6 is 31.9 Å². The molecule has 0 spiro atoms. The molecule has 20 heavy (non-hydrogen) atoms. The molecule has 0 aromatic heterocycles. The first-order valence-electron chi connectivity index (χ1n) is 7.06. The van der Waals surface area contributed by atoms with Crippen LogP contribution in [-0.4, -0.2) is 63.2 Å². The minimum Gasteiger partial charge on any atom is -0.369 e. The summed E-state index contributed by atoms with van der Waals surface area (Å²) < 4.78 is 1.15. The third-order valence-electron chi connectivity index (χ3n) is 3.76. The van der Waals surface area contributed by atoms with Gasteiger partial charge in [0.1, 0.15) is 0 Å². The van der Waals surface area contributed by atoms with Crippen molar-refractivity contribution in [1.29, 1.82) is 0 Å². The van der Waals surface area contributed by atoms with Gasteiger partial charge in [-0.1, -0.05) is 31.9 Å². The van der Waals surface area contributed by atoms with Crippen LogP contribution in [0.3, 0.4) is 0 Å². The lowest BCUT2D eigenvalue weighted by molar-refractivity contribution is 0.229. The SMILES string of the molecule is CN(C)CCN1CCN(c2ccc(Br)cc2CBr)CC1. The summed E-state index contributed by atoms with van der Waals surface area (Å²) in [6.07, 6.45) is 0. The van der Waals surface area contributed by atoms with Crippen LogP contribution in [0.2, 0.25) is 0 Å². The fourth-order valence-electron chi connectivity index (χ4n) is 2.52. The maximum absolute atomic E-state index is 3.60. The van der Waals surface area contributed by atoms with E-state index in [1.807, 2.05) is 0 Å². The molecule has 0 aliphatic carbocycles. The molecule has 5 heteroatoms. The van der Waals surface area contributed by atoms with Crippen LogP contribution in [0.1, 0.15) is 5.56 Å². The van der Waals surface area contributed by atoms with Gasteiger partial charge in [0, 0.05) is 54.8 Å². The highest BCUT2D eigenvalue weighted by atomic mass is 79.9. The van der Waals surface area contributed by atoms with Gasteiger partial charge in [-0.2, -0.15) is 0 Å². The first kappa shape index (κ1) is 16.3. The molecule has 0 N–H and O–H groups in total. The highest BCUT2D eigenvalue weighted by Crippen LogP contribution is 2.27. The quantitative estimate of drug-likeness (QED) is 0.698. The predicted molar refractivity (Wildman–Crippen MR) is 94.0 cm³/mol. The van der Waals surface area contributed by atoms with Gasteiger partial charge in [-0.3, -0.25) is 4.90 Å². The maximum Gasteiger partial charge on any atom is 0.0409 e. The Balaban J connectivity index is 1.93. The van der Waals surface area contributed by atoms with Gasteiger partial charge in [-0.25, -0.2) is 0 Å². The Morgan fingerprint density at radius 1 is 1.15 bits per heavy atom.